The van der Waals surface area contributed by atoms with Crippen LogP contribution in [0.25, 0.3) is 0 Å². The highest BCUT2D eigenvalue weighted by Crippen LogP contribution is 2.20. The molecule has 1 atom stereocenters. The van der Waals surface area contributed by atoms with E-state index in [1.807, 2.05) is 0 Å². The van der Waals surface area contributed by atoms with E-state index in [1.165, 1.54) is 0 Å². The number of phenols is 1. The first-order valence-electron chi connectivity index (χ1n) is 5.56. The molecule has 0 fully saturated rings. The summed E-state index contributed by atoms with van der Waals surface area (Å²) in [4.78, 5) is 0. The Morgan fingerprint density at radius 1 is 1.25 bits per heavy atom. The SMILES string of the molecule is CC(C)C.Cc1cc([C@@H](O)CN)ccc1O. The topological polar surface area (TPSA) is 66.5 Å². The quantitative estimate of drug-likeness (QED) is 0.724. The summed E-state index contributed by atoms with van der Waals surface area (Å²) >= 11 is 0. The van der Waals surface area contributed by atoms with E-state index in [0.717, 1.165) is 17.0 Å². The van der Waals surface area contributed by atoms with Gasteiger partial charge in [-0.3, -0.25) is 0 Å². The molecule has 3 heteroatoms. The van der Waals surface area contributed by atoms with Crippen LogP contribution < -0.4 is 5.73 Å². The van der Waals surface area contributed by atoms with Gasteiger partial charge in [-0.25, -0.2) is 0 Å². The number of rotatable bonds is 2. The summed E-state index contributed by atoms with van der Waals surface area (Å²) in [5.41, 5.74) is 6.77. The fraction of sp³-hybridized carbons (Fsp3) is 0.538. The Morgan fingerprint density at radius 2 is 1.75 bits per heavy atom. The number of phenolic OH excluding ortho intramolecular Hbond substituents is 1. The van der Waals surface area contributed by atoms with E-state index in [9.17, 15) is 10.2 Å². The predicted octanol–water partition coefficient (Wildman–Crippen LogP) is 2.36. The zero-order valence-electron chi connectivity index (χ0n) is 10.6. The Hall–Kier alpha value is -1.06. The Labute approximate surface area is 97.9 Å². The van der Waals surface area contributed by atoms with Crippen molar-refractivity contribution in [3.8, 4) is 5.75 Å². The maximum absolute atomic E-state index is 9.34. The normalized spacial score (nSPS) is 11.9. The van der Waals surface area contributed by atoms with Crippen LogP contribution in [0, 0.1) is 12.8 Å². The van der Waals surface area contributed by atoms with Crippen molar-refractivity contribution in [2.45, 2.75) is 33.8 Å². The number of benzene rings is 1. The van der Waals surface area contributed by atoms with Gasteiger partial charge >= 0.3 is 0 Å². The largest absolute Gasteiger partial charge is 0.508 e. The lowest BCUT2D eigenvalue weighted by atomic mass is 10.1. The van der Waals surface area contributed by atoms with Crippen molar-refractivity contribution < 1.29 is 10.2 Å². The smallest absolute Gasteiger partial charge is 0.118 e. The second kappa shape index (κ2) is 7.25. The summed E-state index contributed by atoms with van der Waals surface area (Å²) in [7, 11) is 0. The molecule has 1 rings (SSSR count). The van der Waals surface area contributed by atoms with Gasteiger partial charge in [0.15, 0.2) is 0 Å². The summed E-state index contributed by atoms with van der Waals surface area (Å²) in [5.74, 6) is 1.07. The molecule has 0 aliphatic heterocycles. The van der Waals surface area contributed by atoms with Crippen molar-refractivity contribution in [3.63, 3.8) is 0 Å². The monoisotopic (exact) mass is 225 g/mol. The number of aliphatic hydroxyl groups is 1. The summed E-state index contributed by atoms with van der Waals surface area (Å²) < 4.78 is 0. The van der Waals surface area contributed by atoms with Crippen LogP contribution in [0.4, 0.5) is 0 Å². The molecule has 0 aliphatic rings. The van der Waals surface area contributed by atoms with E-state index < -0.39 is 6.10 Å². The Morgan fingerprint density at radius 3 is 2.12 bits per heavy atom. The first-order valence-corrected chi connectivity index (χ1v) is 5.56. The average Bonchev–Trinajstić information content (AvgIpc) is 2.20. The molecule has 4 N–H and O–H groups in total. The van der Waals surface area contributed by atoms with Crippen molar-refractivity contribution in [1.29, 1.82) is 0 Å². The van der Waals surface area contributed by atoms with Crippen LogP contribution in [0.3, 0.4) is 0 Å². The molecule has 0 bridgehead atoms. The maximum Gasteiger partial charge on any atom is 0.118 e. The second-order valence-electron chi connectivity index (χ2n) is 4.53. The van der Waals surface area contributed by atoms with Gasteiger partial charge in [-0.1, -0.05) is 26.8 Å². The highest BCUT2D eigenvalue weighted by molar-refractivity contribution is 5.35. The van der Waals surface area contributed by atoms with E-state index in [1.54, 1.807) is 25.1 Å². The van der Waals surface area contributed by atoms with E-state index in [2.05, 4.69) is 20.8 Å². The first-order chi connectivity index (χ1) is 7.38. The molecule has 0 aliphatic carbocycles. The molecule has 0 radical (unpaired) electrons. The molecule has 0 aromatic heterocycles. The minimum atomic E-state index is -0.635. The van der Waals surface area contributed by atoms with Crippen LogP contribution in [0.2, 0.25) is 0 Å². The highest BCUT2D eigenvalue weighted by Gasteiger charge is 2.05. The highest BCUT2D eigenvalue weighted by atomic mass is 16.3. The van der Waals surface area contributed by atoms with E-state index in [4.69, 9.17) is 5.73 Å². The van der Waals surface area contributed by atoms with Gasteiger partial charge in [-0.2, -0.15) is 0 Å². The van der Waals surface area contributed by atoms with Crippen LogP contribution in [-0.4, -0.2) is 16.8 Å². The maximum atomic E-state index is 9.34. The molecule has 92 valence electrons. The average molecular weight is 225 g/mol. The molecule has 3 nitrogen and oxygen atoms in total. The third kappa shape index (κ3) is 5.73. The Balaban J connectivity index is 0.000000487. The summed E-state index contributed by atoms with van der Waals surface area (Å²) in [6, 6.07) is 4.95. The molecule has 0 heterocycles. The number of aromatic hydroxyl groups is 1. The molecule has 0 amide bonds. The molecular weight excluding hydrogens is 202 g/mol. The summed E-state index contributed by atoms with van der Waals surface area (Å²) in [6.07, 6.45) is -0.635. The zero-order valence-corrected chi connectivity index (χ0v) is 10.6. The number of aliphatic hydroxyl groups excluding tert-OH is 1. The van der Waals surface area contributed by atoms with Gasteiger partial charge in [-0.15, -0.1) is 0 Å². The zero-order chi connectivity index (χ0) is 12.7. The number of hydrogen-bond donors (Lipinski definition) is 3. The van der Waals surface area contributed by atoms with Crippen molar-refractivity contribution in [2.24, 2.45) is 11.7 Å². The lowest BCUT2D eigenvalue weighted by molar-refractivity contribution is 0.186. The van der Waals surface area contributed by atoms with Gasteiger partial charge in [0.05, 0.1) is 6.10 Å². The summed E-state index contributed by atoms with van der Waals surface area (Å²) in [6.45, 7) is 8.48. The van der Waals surface area contributed by atoms with Crippen LogP contribution in [0.15, 0.2) is 18.2 Å². The first kappa shape index (κ1) is 14.9. The van der Waals surface area contributed by atoms with Crippen LogP contribution in [0.1, 0.15) is 38.0 Å². The van der Waals surface area contributed by atoms with E-state index in [-0.39, 0.29) is 12.3 Å². The molecule has 1 aromatic rings. The number of hydrogen-bond acceptors (Lipinski definition) is 3. The van der Waals surface area contributed by atoms with Crippen LogP contribution in [0.5, 0.6) is 5.75 Å². The van der Waals surface area contributed by atoms with Crippen LogP contribution >= 0.6 is 0 Å². The number of aryl methyl sites for hydroxylation is 1. The molecule has 1 aromatic carbocycles. The van der Waals surface area contributed by atoms with Gasteiger partial charge in [-0.05, 0) is 36.1 Å². The van der Waals surface area contributed by atoms with Gasteiger partial charge in [0.2, 0.25) is 0 Å². The lowest BCUT2D eigenvalue weighted by Crippen LogP contribution is -2.11. The second-order valence-corrected chi connectivity index (χ2v) is 4.53. The standard InChI is InChI=1S/C9H13NO2.C4H10/c1-6-4-7(9(12)5-10)2-3-8(6)11;1-4(2)3/h2-4,9,11-12H,5,10H2,1H3;4H,1-3H3/t9-;/m0./s1. The van der Waals surface area contributed by atoms with Crippen LogP contribution in [-0.2, 0) is 0 Å². The third-order valence-electron chi connectivity index (χ3n) is 1.83. The van der Waals surface area contributed by atoms with Crippen molar-refractivity contribution in [2.75, 3.05) is 6.54 Å². The molecule has 16 heavy (non-hydrogen) atoms. The minimum Gasteiger partial charge on any atom is -0.508 e. The fourth-order valence-electron chi connectivity index (χ4n) is 1.02. The fourth-order valence-corrected chi connectivity index (χ4v) is 1.02. The Kier molecular flexibility index (Phi) is 6.77. The van der Waals surface area contributed by atoms with E-state index in [0.29, 0.717) is 0 Å². The molecule has 0 saturated carbocycles. The lowest BCUT2D eigenvalue weighted by Gasteiger charge is -2.09. The molecule has 0 spiro atoms. The molecule has 0 unspecified atom stereocenters. The minimum absolute atomic E-state index is 0.199. The van der Waals surface area contributed by atoms with E-state index >= 15 is 0 Å². The predicted molar refractivity (Wildman–Crippen MR) is 67.4 cm³/mol. The van der Waals surface area contributed by atoms with Crippen molar-refractivity contribution >= 4 is 0 Å². The third-order valence-corrected chi connectivity index (χ3v) is 1.83. The van der Waals surface area contributed by atoms with Crippen molar-refractivity contribution in [1.82, 2.24) is 0 Å². The number of nitrogens with two attached hydrogens (primary N) is 1. The van der Waals surface area contributed by atoms with Crippen molar-refractivity contribution in [3.05, 3.63) is 29.3 Å². The molecular formula is C13H23NO2. The van der Waals surface area contributed by atoms with Gasteiger partial charge in [0.25, 0.3) is 0 Å². The van der Waals surface area contributed by atoms with Gasteiger partial charge in [0.1, 0.15) is 5.75 Å². The summed E-state index contributed by atoms with van der Waals surface area (Å²) in [5, 5.41) is 18.5. The Bertz CT molecular complexity index is 308. The van der Waals surface area contributed by atoms with Gasteiger partial charge in [0, 0.05) is 6.54 Å². The molecule has 0 saturated heterocycles. The van der Waals surface area contributed by atoms with Gasteiger partial charge < -0.3 is 15.9 Å².